The first-order valence-electron chi connectivity index (χ1n) is 8.42. The van der Waals surface area contributed by atoms with Gasteiger partial charge in [-0.1, -0.05) is 29.8 Å². The van der Waals surface area contributed by atoms with Crippen LogP contribution in [0.4, 0.5) is 0 Å². The number of nitrogens with one attached hydrogen (secondary N) is 1. The molecule has 3 aromatic rings. The van der Waals surface area contributed by atoms with Gasteiger partial charge in [0.2, 0.25) is 10.0 Å². The van der Waals surface area contributed by atoms with Crippen LogP contribution in [0.15, 0.2) is 35.4 Å². The standard InChI is InChI=1S/C18H20N4O4S2/c1-10-5-7-13(8-6-10)17-20-11(2)16(27-17)12(3)21-28(25,26)14-9-19-22(4)15(14)18(23)24/h5-9,12,21H,1-4H3,(H,23,24). The van der Waals surface area contributed by atoms with Crippen LogP contribution in [-0.2, 0) is 17.1 Å². The van der Waals surface area contributed by atoms with Gasteiger partial charge < -0.3 is 5.11 Å². The molecule has 1 unspecified atom stereocenters. The zero-order valence-electron chi connectivity index (χ0n) is 15.8. The smallest absolute Gasteiger partial charge is 0.355 e. The van der Waals surface area contributed by atoms with Gasteiger partial charge in [0, 0.05) is 17.5 Å². The topological polar surface area (TPSA) is 114 Å². The summed E-state index contributed by atoms with van der Waals surface area (Å²) < 4.78 is 29.0. The molecule has 0 spiro atoms. The first kappa shape index (κ1) is 20.2. The molecule has 0 aliphatic carbocycles. The van der Waals surface area contributed by atoms with Crippen molar-refractivity contribution in [1.82, 2.24) is 19.5 Å². The summed E-state index contributed by atoms with van der Waals surface area (Å²) >= 11 is 1.40. The number of aromatic nitrogens is 3. The predicted molar refractivity (Wildman–Crippen MR) is 106 cm³/mol. The van der Waals surface area contributed by atoms with E-state index in [0.29, 0.717) is 0 Å². The highest BCUT2D eigenvalue weighted by Gasteiger charge is 2.29. The maximum atomic E-state index is 12.7. The minimum absolute atomic E-state index is 0.365. The molecule has 0 saturated carbocycles. The SMILES string of the molecule is Cc1ccc(-c2nc(C)c(C(C)NS(=O)(=O)c3cnn(C)c3C(=O)O)s2)cc1. The maximum Gasteiger partial charge on any atom is 0.355 e. The largest absolute Gasteiger partial charge is 0.476 e. The number of rotatable bonds is 6. The Labute approximate surface area is 166 Å². The number of thiazole rings is 1. The van der Waals surface area contributed by atoms with Crippen molar-refractivity contribution in [3.63, 3.8) is 0 Å². The molecule has 0 saturated heterocycles. The zero-order valence-corrected chi connectivity index (χ0v) is 17.4. The number of hydrogen-bond acceptors (Lipinski definition) is 6. The summed E-state index contributed by atoms with van der Waals surface area (Å²) in [4.78, 5) is 16.3. The fraction of sp³-hybridized carbons (Fsp3) is 0.278. The second-order valence-electron chi connectivity index (χ2n) is 6.46. The molecule has 0 radical (unpaired) electrons. The van der Waals surface area contributed by atoms with Crippen molar-refractivity contribution in [2.75, 3.05) is 0 Å². The molecule has 0 amide bonds. The average molecular weight is 421 g/mol. The quantitative estimate of drug-likeness (QED) is 0.634. The lowest BCUT2D eigenvalue weighted by Gasteiger charge is -2.13. The van der Waals surface area contributed by atoms with E-state index in [2.05, 4.69) is 14.8 Å². The van der Waals surface area contributed by atoms with Crippen molar-refractivity contribution in [3.05, 3.63) is 52.3 Å². The summed E-state index contributed by atoms with van der Waals surface area (Å²) in [7, 11) is -2.69. The van der Waals surface area contributed by atoms with Crippen LogP contribution in [0.5, 0.6) is 0 Å². The highest BCUT2D eigenvalue weighted by atomic mass is 32.2. The first-order chi connectivity index (χ1) is 13.1. The summed E-state index contributed by atoms with van der Waals surface area (Å²) in [5, 5.41) is 13.8. The second-order valence-corrected chi connectivity index (χ2v) is 9.18. The van der Waals surface area contributed by atoms with Crippen LogP contribution < -0.4 is 4.72 Å². The molecule has 8 nitrogen and oxygen atoms in total. The molecule has 2 heterocycles. The van der Waals surface area contributed by atoms with Crippen LogP contribution in [0, 0.1) is 13.8 Å². The van der Waals surface area contributed by atoms with Gasteiger partial charge in [0.25, 0.3) is 0 Å². The van der Waals surface area contributed by atoms with Gasteiger partial charge in [-0.05, 0) is 20.8 Å². The minimum Gasteiger partial charge on any atom is -0.476 e. The van der Waals surface area contributed by atoms with E-state index in [9.17, 15) is 18.3 Å². The van der Waals surface area contributed by atoms with Crippen LogP contribution >= 0.6 is 11.3 Å². The number of carbonyl (C=O) groups is 1. The van der Waals surface area contributed by atoms with E-state index >= 15 is 0 Å². The van der Waals surface area contributed by atoms with E-state index in [1.54, 1.807) is 6.92 Å². The van der Waals surface area contributed by atoms with Crippen LogP contribution in [0.1, 0.15) is 39.6 Å². The fourth-order valence-corrected chi connectivity index (χ4v) is 5.36. The van der Waals surface area contributed by atoms with Crippen molar-refractivity contribution >= 4 is 27.3 Å². The van der Waals surface area contributed by atoms with E-state index in [1.165, 1.54) is 18.4 Å². The number of carboxylic acids is 1. The van der Waals surface area contributed by atoms with Crippen LogP contribution in [0.25, 0.3) is 10.6 Å². The van der Waals surface area contributed by atoms with E-state index in [4.69, 9.17) is 0 Å². The number of aryl methyl sites for hydroxylation is 3. The second kappa shape index (κ2) is 7.46. The molecule has 148 valence electrons. The number of nitrogens with zero attached hydrogens (tertiary/aromatic N) is 3. The molecule has 10 heteroatoms. The molecule has 2 N–H and O–H groups in total. The Morgan fingerprint density at radius 1 is 1.25 bits per heavy atom. The summed E-state index contributed by atoms with van der Waals surface area (Å²) in [6, 6.07) is 7.35. The Bertz CT molecular complexity index is 1130. The van der Waals surface area contributed by atoms with Gasteiger partial charge >= 0.3 is 5.97 Å². The number of hydrogen-bond donors (Lipinski definition) is 2. The van der Waals surface area contributed by atoms with Crippen molar-refractivity contribution in [2.45, 2.75) is 31.7 Å². The molecule has 1 aromatic carbocycles. The normalized spacial score (nSPS) is 12.9. The number of benzene rings is 1. The third-order valence-corrected chi connectivity index (χ3v) is 7.18. The van der Waals surface area contributed by atoms with Gasteiger partial charge in [0.1, 0.15) is 9.90 Å². The van der Waals surface area contributed by atoms with E-state index in [1.807, 2.05) is 38.1 Å². The Balaban J connectivity index is 1.90. The van der Waals surface area contributed by atoms with E-state index in [-0.39, 0.29) is 10.6 Å². The number of carboxylic acid groups (broad SMARTS) is 1. The molecule has 0 fully saturated rings. The van der Waals surface area contributed by atoms with Crippen molar-refractivity contribution in [3.8, 4) is 10.6 Å². The maximum absolute atomic E-state index is 12.7. The summed E-state index contributed by atoms with van der Waals surface area (Å²) in [5.74, 6) is -1.36. The molecule has 0 aliphatic rings. The highest BCUT2D eigenvalue weighted by molar-refractivity contribution is 7.89. The molecule has 0 bridgehead atoms. The van der Waals surface area contributed by atoms with Crippen molar-refractivity contribution in [2.24, 2.45) is 7.05 Å². The van der Waals surface area contributed by atoms with Gasteiger partial charge in [-0.25, -0.2) is 22.9 Å². The summed E-state index contributed by atoms with van der Waals surface area (Å²) in [6.07, 6.45) is 1.04. The average Bonchev–Trinajstić information content (AvgIpc) is 3.18. The molecular weight excluding hydrogens is 400 g/mol. The van der Waals surface area contributed by atoms with Crippen molar-refractivity contribution in [1.29, 1.82) is 0 Å². The van der Waals surface area contributed by atoms with Crippen LogP contribution in [0.2, 0.25) is 0 Å². The Hall–Kier alpha value is -2.56. The third kappa shape index (κ3) is 3.84. The molecule has 1 atom stereocenters. The molecule has 3 rings (SSSR count). The van der Waals surface area contributed by atoms with E-state index in [0.717, 1.165) is 37.6 Å². The highest BCUT2D eigenvalue weighted by Crippen LogP contribution is 2.32. The number of sulfonamides is 1. The predicted octanol–water partition coefficient (Wildman–Crippen LogP) is 2.90. The summed E-state index contributed by atoms with van der Waals surface area (Å²) in [6.45, 7) is 5.53. The molecular formula is C18H20N4O4S2. The molecule has 2 aromatic heterocycles. The number of aromatic carboxylic acids is 1. The third-order valence-electron chi connectivity index (χ3n) is 4.25. The van der Waals surface area contributed by atoms with Gasteiger partial charge in [-0.2, -0.15) is 5.10 Å². The van der Waals surface area contributed by atoms with Crippen LogP contribution in [-0.4, -0.2) is 34.3 Å². The zero-order chi connectivity index (χ0) is 20.6. The lowest BCUT2D eigenvalue weighted by molar-refractivity contribution is 0.0680. The Morgan fingerprint density at radius 2 is 1.89 bits per heavy atom. The van der Waals surface area contributed by atoms with Gasteiger partial charge in [0.15, 0.2) is 5.69 Å². The van der Waals surface area contributed by atoms with Crippen LogP contribution in [0.3, 0.4) is 0 Å². The van der Waals surface area contributed by atoms with Gasteiger partial charge in [-0.3, -0.25) is 4.68 Å². The Kier molecular flexibility index (Phi) is 5.37. The lowest BCUT2D eigenvalue weighted by Crippen LogP contribution is -2.28. The fourth-order valence-electron chi connectivity index (χ4n) is 2.84. The summed E-state index contributed by atoms with van der Waals surface area (Å²) in [5.41, 5.74) is 2.44. The monoisotopic (exact) mass is 420 g/mol. The van der Waals surface area contributed by atoms with Gasteiger partial charge in [0.05, 0.1) is 17.9 Å². The molecule has 0 aliphatic heterocycles. The minimum atomic E-state index is -4.08. The van der Waals surface area contributed by atoms with Crippen molar-refractivity contribution < 1.29 is 18.3 Å². The van der Waals surface area contributed by atoms with Gasteiger partial charge in [-0.15, -0.1) is 11.3 Å². The lowest BCUT2D eigenvalue weighted by atomic mass is 10.2. The Morgan fingerprint density at radius 3 is 2.50 bits per heavy atom. The van der Waals surface area contributed by atoms with E-state index < -0.39 is 22.0 Å². The molecule has 28 heavy (non-hydrogen) atoms. The first-order valence-corrected chi connectivity index (χ1v) is 10.7.